The third-order valence-corrected chi connectivity index (χ3v) is 4.90. The molecule has 0 N–H and O–H groups in total. The first-order valence-electron chi connectivity index (χ1n) is 6.59. The maximum atomic E-state index is 9.38. The topological polar surface area (TPSA) is 36.7 Å². The zero-order valence-corrected chi connectivity index (χ0v) is 12.0. The van der Waals surface area contributed by atoms with Crippen LogP contribution < -0.4 is 0 Å². The van der Waals surface area contributed by atoms with E-state index in [0.29, 0.717) is 0 Å². The molecule has 1 saturated carbocycles. The SMILES string of the molecule is Cc1ccc(-c2nc(C3(C#N)CCC3)cs2)c(C)c1. The van der Waals surface area contributed by atoms with E-state index in [-0.39, 0.29) is 5.41 Å². The van der Waals surface area contributed by atoms with Crippen molar-refractivity contribution in [2.45, 2.75) is 38.5 Å². The Morgan fingerprint density at radius 1 is 1.32 bits per heavy atom. The van der Waals surface area contributed by atoms with Crippen LogP contribution in [-0.4, -0.2) is 4.98 Å². The molecule has 1 aromatic carbocycles. The van der Waals surface area contributed by atoms with Gasteiger partial charge in [-0.15, -0.1) is 11.3 Å². The molecule has 3 heteroatoms. The largest absolute Gasteiger partial charge is 0.239 e. The zero-order valence-electron chi connectivity index (χ0n) is 11.2. The van der Waals surface area contributed by atoms with Crippen LogP contribution in [0.25, 0.3) is 10.6 Å². The van der Waals surface area contributed by atoms with E-state index in [1.54, 1.807) is 11.3 Å². The van der Waals surface area contributed by atoms with E-state index >= 15 is 0 Å². The van der Waals surface area contributed by atoms with Crippen molar-refractivity contribution in [3.63, 3.8) is 0 Å². The van der Waals surface area contributed by atoms with Gasteiger partial charge in [0.2, 0.25) is 0 Å². The van der Waals surface area contributed by atoms with Gasteiger partial charge in [0.25, 0.3) is 0 Å². The maximum absolute atomic E-state index is 9.38. The molecule has 3 rings (SSSR count). The first-order valence-corrected chi connectivity index (χ1v) is 7.47. The predicted octanol–water partition coefficient (Wildman–Crippen LogP) is 4.37. The molecule has 0 amide bonds. The molecule has 0 aliphatic heterocycles. The summed E-state index contributed by atoms with van der Waals surface area (Å²) >= 11 is 1.65. The highest BCUT2D eigenvalue weighted by atomic mass is 32.1. The average molecular weight is 268 g/mol. The summed E-state index contributed by atoms with van der Waals surface area (Å²) in [6.07, 6.45) is 3.06. The molecule has 0 unspecified atom stereocenters. The van der Waals surface area contributed by atoms with Crippen molar-refractivity contribution in [2.24, 2.45) is 0 Å². The number of rotatable bonds is 2. The van der Waals surface area contributed by atoms with Gasteiger partial charge in [-0.2, -0.15) is 5.26 Å². The summed E-state index contributed by atoms with van der Waals surface area (Å²) in [6, 6.07) is 8.89. The number of aromatic nitrogens is 1. The van der Waals surface area contributed by atoms with Gasteiger partial charge in [-0.1, -0.05) is 23.8 Å². The fourth-order valence-electron chi connectivity index (χ4n) is 2.63. The van der Waals surface area contributed by atoms with Gasteiger partial charge in [0.05, 0.1) is 11.8 Å². The van der Waals surface area contributed by atoms with E-state index < -0.39 is 0 Å². The third-order valence-electron chi connectivity index (χ3n) is 4.03. The minimum Gasteiger partial charge on any atom is -0.239 e. The van der Waals surface area contributed by atoms with Crippen molar-refractivity contribution >= 4 is 11.3 Å². The third kappa shape index (κ3) is 1.97. The van der Waals surface area contributed by atoms with Crippen molar-refractivity contribution in [2.75, 3.05) is 0 Å². The molecule has 1 fully saturated rings. The summed E-state index contributed by atoms with van der Waals surface area (Å²) < 4.78 is 0. The standard InChI is InChI=1S/C16H16N2S/c1-11-4-5-13(12(2)8-11)15-18-14(9-19-15)16(10-17)6-3-7-16/h4-5,8-9H,3,6-7H2,1-2H3. The Morgan fingerprint density at radius 2 is 2.11 bits per heavy atom. The molecule has 1 heterocycles. The number of nitriles is 1. The van der Waals surface area contributed by atoms with Gasteiger partial charge in [0, 0.05) is 10.9 Å². The smallest absolute Gasteiger partial charge is 0.123 e. The minimum absolute atomic E-state index is 0.298. The van der Waals surface area contributed by atoms with Crippen molar-refractivity contribution in [3.8, 4) is 16.6 Å². The Hall–Kier alpha value is -1.66. The van der Waals surface area contributed by atoms with E-state index in [1.165, 1.54) is 16.7 Å². The van der Waals surface area contributed by atoms with E-state index in [4.69, 9.17) is 4.98 Å². The van der Waals surface area contributed by atoms with Crippen molar-refractivity contribution in [3.05, 3.63) is 40.4 Å². The highest BCUT2D eigenvalue weighted by Gasteiger charge is 2.41. The molecule has 96 valence electrons. The molecule has 0 saturated heterocycles. The van der Waals surface area contributed by atoms with Gasteiger partial charge < -0.3 is 0 Å². The van der Waals surface area contributed by atoms with Crippen LogP contribution in [0.1, 0.15) is 36.1 Å². The summed E-state index contributed by atoms with van der Waals surface area (Å²) in [5.41, 5.74) is 4.38. The van der Waals surface area contributed by atoms with Gasteiger partial charge in [0.15, 0.2) is 0 Å². The van der Waals surface area contributed by atoms with Crippen LogP contribution in [0.4, 0.5) is 0 Å². The highest BCUT2D eigenvalue weighted by molar-refractivity contribution is 7.13. The Bertz CT molecular complexity index is 660. The van der Waals surface area contributed by atoms with Crippen molar-refractivity contribution in [1.29, 1.82) is 5.26 Å². The number of hydrogen-bond acceptors (Lipinski definition) is 3. The Morgan fingerprint density at radius 3 is 2.68 bits per heavy atom. The number of thiazole rings is 1. The van der Waals surface area contributed by atoms with E-state index in [0.717, 1.165) is 30.0 Å². The molecule has 0 atom stereocenters. The number of nitrogens with zero attached hydrogens (tertiary/aromatic N) is 2. The van der Waals surface area contributed by atoms with Crippen LogP contribution >= 0.6 is 11.3 Å². The van der Waals surface area contributed by atoms with Crippen LogP contribution in [0.3, 0.4) is 0 Å². The second-order valence-corrected chi connectivity index (χ2v) is 6.26. The Balaban J connectivity index is 2.00. The summed E-state index contributed by atoms with van der Waals surface area (Å²) in [6.45, 7) is 4.22. The second kappa shape index (κ2) is 4.47. The summed E-state index contributed by atoms with van der Waals surface area (Å²) in [5, 5.41) is 12.5. The van der Waals surface area contributed by atoms with E-state index in [1.807, 2.05) is 0 Å². The normalized spacial score (nSPS) is 16.7. The molecule has 1 aliphatic carbocycles. The molecule has 2 aromatic rings. The molecule has 1 aliphatic rings. The zero-order chi connectivity index (χ0) is 13.5. The Labute approximate surface area is 117 Å². The van der Waals surface area contributed by atoms with Crippen molar-refractivity contribution in [1.82, 2.24) is 4.98 Å². The molecule has 0 radical (unpaired) electrons. The first kappa shape index (κ1) is 12.4. The first-order chi connectivity index (χ1) is 9.14. The lowest BCUT2D eigenvalue weighted by atomic mass is 9.68. The lowest BCUT2D eigenvalue weighted by molar-refractivity contribution is 0.317. The van der Waals surface area contributed by atoms with Crippen LogP contribution in [-0.2, 0) is 5.41 Å². The van der Waals surface area contributed by atoms with Gasteiger partial charge in [-0.05, 0) is 38.7 Å². The van der Waals surface area contributed by atoms with E-state index in [9.17, 15) is 5.26 Å². The van der Waals surface area contributed by atoms with Crippen LogP contribution in [0.15, 0.2) is 23.6 Å². The molecular weight excluding hydrogens is 252 g/mol. The lowest BCUT2D eigenvalue weighted by Crippen LogP contribution is -2.32. The number of benzene rings is 1. The molecule has 1 aromatic heterocycles. The van der Waals surface area contributed by atoms with E-state index in [2.05, 4.69) is 43.5 Å². The lowest BCUT2D eigenvalue weighted by Gasteiger charge is -2.33. The minimum atomic E-state index is -0.298. The molecular formula is C16H16N2S. The summed E-state index contributed by atoms with van der Waals surface area (Å²) in [4.78, 5) is 4.73. The number of aryl methyl sites for hydroxylation is 2. The second-order valence-electron chi connectivity index (χ2n) is 5.40. The number of hydrogen-bond donors (Lipinski definition) is 0. The molecule has 2 nitrogen and oxygen atoms in total. The van der Waals surface area contributed by atoms with Gasteiger partial charge >= 0.3 is 0 Å². The van der Waals surface area contributed by atoms with Crippen molar-refractivity contribution < 1.29 is 0 Å². The molecule has 0 bridgehead atoms. The predicted molar refractivity (Wildman–Crippen MR) is 78.2 cm³/mol. The summed E-state index contributed by atoms with van der Waals surface area (Å²) in [5.74, 6) is 0. The molecule has 0 spiro atoms. The van der Waals surface area contributed by atoms with Crippen LogP contribution in [0.2, 0.25) is 0 Å². The van der Waals surface area contributed by atoms with Gasteiger partial charge in [-0.3, -0.25) is 0 Å². The fraction of sp³-hybridized carbons (Fsp3) is 0.375. The maximum Gasteiger partial charge on any atom is 0.123 e. The fourth-order valence-corrected chi connectivity index (χ4v) is 3.63. The summed E-state index contributed by atoms with van der Waals surface area (Å²) in [7, 11) is 0. The van der Waals surface area contributed by atoms with Gasteiger partial charge in [0.1, 0.15) is 10.4 Å². The van der Waals surface area contributed by atoms with Crippen LogP contribution in [0, 0.1) is 25.2 Å². The monoisotopic (exact) mass is 268 g/mol. The Kier molecular flexibility index (Phi) is 2.91. The van der Waals surface area contributed by atoms with Gasteiger partial charge in [-0.25, -0.2) is 4.98 Å². The average Bonchev–Trinajstić information content (AvgIpc) is 2.78. The quantitative estimate of drug-likeness (QED) is 0.810. The van der Waals surface area contributed by atoms with Crippen LogP contribution in [0.5, 0.6) is 0 Å². The highest BCUT2D eigenvalue weighted by Crippen LogP contribution is 2.44. The molecule has 19 heavy (non-hydrogen) atoms.